The molecule has 0 bridgehead atoms. The quantitative estimate of drug-likeness (QED) is 0.331. The zero-order valence-electron chi connectivity index (χ0n) is 22.6. The van der Waals surface area contributed by atoms with Crippen LogP contribution in [0.1, 0.15) is 65.2 Å². The number of amides is 1. The van der Waals surface area contributed by atoms with E-state index in [4.69, 9.17) is 9.97 Å². The van der Waals surface area contributed by atoms with Gasteiger partial charge in [0.05, 0.1) is 23.1 Å². The minimum absolute atomic E-state index is 0.00853. The van der Waals surface area contributed by atoms with Crippen molar-refractivity contribution in [3.05, 3.63) is 78.3 Å². The third-order valence-electron chi connectivity index (χ3n) is 8.19. The maximum absolute atomic E-state index is 13.3. The third-order valence-corrected chi connectivity index (χ3v) is 8.19. The molecule has 0 aliphatic carbocycles. The number of likely N-dealkylation sites (tertiary alicyclic amines) is 1. The third kappa shape index (κ3) is 4.33. The molecule has 2 N–H and O–H groups in total. The molecule has 2 unspecified atom stereocenters. The number of aromatic nitrogens is 7. The maximum atomic E-state index is 13.3. The lowest BCUT2D eigenvalue weighted by Gasteiger charge is -2.39. The zero-order chi connectivity index (χ0) is 27.9. The Morgan fingerprint density at radius 1 is 1.07 bits per heavy atom. The van der Waals surface area contributed by atoms with Gasteiger partial charge in [0.1, 0.15) is 12.1 Å². The zero-order valence-corrected chi connectivity index (χ0v) is 22.6. The number of anilines is 1. The predicted molar refractivity (Wildman–Crippen MR) is 153 cm³/mol. The standard InChI is InChI=1S/C30H29N9O2/c1-2-21-14-19(11-13-38(21)30(41)27-33-17-34-37-27)26-25-24(40)10-12-31-29(25)39-28(36-26)22(16-35-39)20-8-9-23(32-15-20)18-6-4-3-5-7-18/h3-9,15-17,19,21,31H,2,10-14H2,1H3,(H,33,34,37). The number of carbonyl (C=O) groups is 2. The Kier molecular flexibility index (Phi) is 6.26. The van der Waals surface area contributed by atoms with Crippen LogP contribution < -0.4 is 5.32 Å². The number of fused-ring (bicyclic) bond motifs is 3. The van der Waals surface area contributed by atoms with E-state index in [2.05, 4.69) is 32.5 Å². The van der Waals surface area contributed by atoms with Gasteiger partial charge in [-0.2, -0.15) is 14.7 Å². The van der Waals surface area contributed by atoms with Crippen LogP contribution in [-0.4, -0.2) is 70.5 Å². The molecule has 2 aliphatic rings. The number of aromatic amines is 1. The van der Waals surface area contributed by atoms with Gasteiger partial charge in [-0.15, -0.1) is 0 Å². The number of hydrogen-bond acceptors (Lipinski definition) is 8. The second kappa shape index (κ2) is 10.2. The Morgan fingerprint density at radius 2 is 1.95 bits per heavy atom. The molecule has 4 aromatic heterocycles. The van der Waals surface area contributed by atoms with Crippen LogP contribution in [0, 0.1) is 0 Å². The van der Waals surface area contributed by atoms with Crippen LogP contribution in [0.3, 0.4) is 0 Å². The van der Waals surface area contributed by atoms with Crippen LogP contribution in [0.25, 0.3) is 28.0 Å². The van der Waals surface area contributed by atoms with Gasteiger partial charge in [0.2, 0.25) is 5.82 Å². The minimum atomic E-state index is -0.152. The summed E-state index contributed by atoms with van der Waals surface area (Å²) in [5.74, 6) is 0.869. The summed E-state index contributed by atoms with van der Waals surface area (Å²) in [6.45, 7) is 3.17. The van der Waals surface area contributed by atoms with Crippen molar-refractivity contribution in [1.82, 2.24) is 39.7 Å². The first kappa shape index (κ1) is 25.1. The summed E-state index contributed by atoms with van der Waals surface area (Å²) in [6, 6.07) is 14.1. The fraction of sp³-hybridized carbons (Fsp3) is 0.300. The van der Waals surface area contributed by atoms with Crippen LogP contribution in [0.2, 0.25) is 0 Å². The first-order valence-corrected chi connectivity index (χ1v) is 14.0. The second-order valence-electron chi connectivity index (χ2n) is 10.5. The molecule has 7 rings (SSSR count). The molecule has 5 aromatic rings. The first-order valence-electron chi connectivity index (χ1n) is 14.0. The maximum Gasteiger partial charge on any atom is 0.291 e. The summed E-state index contributed by atoms with van der Waals surface area (Å²) in [7, 11) is 0. The van der Waals surface area contributed by atoms with E-state index in [-0.39, 0.29) is 29.5 Å². The fourth-order valence-electron chi connectivity index (χ4n) is 6.10. The van der Waals surface area contributed by atoms with Crippen molar-refractivity contribution >= 4 is 23.2 Å². The molecule has 2 atom stereocenters. The van der Waals surface area contributed by atoms with Crippen molar-refractivity contribution in [1.29, 1.82) is 0 Å². The number of nitrogens with zero attached hydrogens (tertiary/aromatic N) is 7. The molecule has 206 valence electrons. The van der Waals surface area contributed by atoms with Crippen molar-refractivity contribution in [2.24, 2.45) is 0 Å². The van der Waals surface area contributed by atoms with Crippen LogP contribution in [-0.2, 0) is 0 Å². The number of Topliss-reactive ketones (excluding diaryl/α,β-unsaturated/α-hetero) is 1. The van der Waals surface area contributed by atoms with Gasteiger partial charge in [-0.25, -0.2) is 9.97 Å². The van der Waals surface area contributed by atoms with Gasteiger partial charge in [0, 0.05) is 54.4 Å². The lowest BCUT2D eigenvalue weighted by molar-refractivity contribution is 0.0570. The van der Waals surface area contributed by atoms with Crippen LogP contribution >= 0.6 is 0 Å². The molecule has 1 fully saturated rings. The number of nitrogens with one attached hydrogen (secondary N) is 2. The van der Waals surface area contributed by atoms with E-state index in [9.17, 15) is 9.59 Å². The van der Waals surface area contributed by atoms with Gasteiger partial charge in [0.25, 0.3) is 5.91 Å². The number of benzene rings is 1. The highest BCUT2D eigenvalue weighted by molar-refractivity contribution is 6.04. The Labute approximate surface area is 236 Å². The molecule has 0 saturated carbocycles. The van der Waals surface area contributed by atoms with Gasteiger partial charge >= 0.3 is 0 Å². The Bertz CT molecular complexity index is 1730. The molecule has 11 heteroatoms. The van der Waals surface area contributed by atoms with Gasteiger partial charge in [-0.3, -0.25) is 19.7 Å². The average molecular weight is 548 g/mol. The van der Waals surface area contributed by atoms with Crippen LogP contribution in [0.4, 0.5) is 5.82 Å². The van der Waals surface area contributed by atoms with Crippen molar-refractivity contribution in [3.8, 4) is 22.4 Å². The minimum Gasteiger partial charge on any atom is -0.369 e. The summed E-state index contributed by atoms with van der Waals surface area (Å²) >= 11 is 0. The van der Waals surface area contributed by atoms with Crippen molar-refractivity contribution in [2.45, 2.75) is 44.6 Å². The Morgan fingerprint density at radius 3 is 2.71 bits per heavy atom. The fourth-order valence-corrected chi connectivity index (χ4v) is 6.10. The van der Waals surface area contributed by atoms with Crippen molar-refractivity contribution in [3.63, 3.8) is 0 Å². The lowest BCUT2D eigenvalue weighted by Crippen LogP contribution is -2.46. The summed E-state index contributed by atoms with van der Waals surface area (Å²) in [5.41, 5.74) is 5.78. The van der Waals surface area contributed by atoms with Crippen LogP contribution in [0.15, 0.2) is 61.2 Å². The van der Waals surface area contributed by atoms with E-state index >= 15 is 0 Å². The average Bonchev–Trinajstić information content (AvgIpc) is 3.72. The summed E-state index contributed by atoms with van der Waals surface area (Å²) in [4.78, 5) is 42.2. The smallest absolute Gasteiger partial charge is 0.291 e. The number of hydrogen-bond donors (Lipinski definition) is 2. The van der Waals surface area contributed by atoms with Crippen molar-refractivity contribution < 1.29 is 9.59 Å². The first-order chi connectivity index (χ1) is 20.1. The lowest BCUT2D eigenvalue weighted by atomic mass is 9.83. The molecule has 2 aliphatic heterocycles. The molecule has 0 radical (unpaired) electrons. The van der Waals surface area contributed by atoms with E-state index in [0.29, 0.717) is 49.4 Å². The Balaban J connectivity index is 1.27. The summed E-state index contributed by atoms with van der Waals surface area (Å²) in [6.07, 6.45) is 7.57. The SMILES string of the molecule is CCC1CC(c2nc3c(-c4ccc(-c5ccccc5)nc4)cnn3c3c2C(=O)CCN3)CCN1C(=O)c1ncn[nH]1. The largest absolute Gasteiger partial charge is 0.369 e. The topological polar surface area (TPSA) is 134 Å². The Hall–Kier alpha value is -4.93. The van der Waals surface area contributed by atoms with Gasteiger partial charge in [0.15, 0.2) is 11.4 Å². The van der Waals surface area contributed by atoms with Gasteiger partial charge in [-0.1, -0.05) is 43.3 Å². The number of pyridine rings is 1. The highest BCUT2D eigenvalue weighted by Crippen LogP contribution is 2.39. The molecule has 1 saturated heterocycles. The van der Waals surface area contributed by atoms with E-state index in [1.54, 1.807) is 10.7 Å². The monoisotopic (exact) mass is 547 g/mol. The van der Waals surface area contributed by atoms with Gasteiger partial charge < -0.3 is 10.2 Å². The number of carbonyl (C=O) groups excluding carboxylic acids is 2. The highest BCUT2D eigenvalue weighted by atomic mass is 16.2. The molecule has 0 spiro atoms. The second-order valence-corrected chi connectivity index (χ2v) is 10.5. The van der Waals surface area contributed by atoms with E-state index < -0.39 is 0 Å². The van der Waals surface area contributed by atoms with Gasteiger partial charge in [-0.05, 0) is 25.3 Å². The number of piperidine rings is 1. The molecule has 1 amide bonds. The highest BCUT2D eigenvalue weighted by Gasteiger charge is 2.37. The molecule has 1 aromatic carbocycles. The summed E-state index contributed by atoms with van der Waals surface area (Å²) < 4.78 is 1.75. The van der Waals surface area contributed by atoms with Crippen molar-refractivity contribution in [2.75, 3.05) is 18.4 Å². The molecule has 11 nitrogen and oxygen atoms in total. The van der Waals surface area contributed by atoms with E-state index in [0.717, 1.165) is 34.5 Å². The van der Waals surface area contributed by atoms with E-state index in [1.165, 1.54) is 6.33 Å². The normalized spacial score (nSPS) is 18.8. The number of rotatable bonds is 5. The molecular formula is C30H29N9O2. The molecule has 41 heavy (non-hydrogen) atoms. The molecular weight excluding hydrogens is 518 g/mol. The number of ketones is 1. The van der Waals surface area contributed by atoms with E-state index in [1.807, 2.05) is 53.6 Å². The molecule has 6 heterocycles. The predicted octanol–water partition coefficient (Wildman–Crippen LogP) is 4.37. The van der Waals surface area contributed by atoms with Crippen LogP contribution in [0.5, 0.6) is 0 Å². The number of H-pyrrole nitrogens is 1. The summed E-state index contributed by atoms with van der Waals surface area (Å²) in [5, 5.41) is 14.6.